The van der Waals surface area contributed by atoms with E-state index in [1.807, 2.05) is 38.1 Å². The van der Waals surface area contributed by atoms with Gasteiger partial charge in [0.2, 0.25) is 0 Å². The highest BCUT2D eigenvalue weighted by molar-refractivity contribution is 5.47. The van der Waals surface area contributed by atoms with Crippen LogP contribution in [0.5, 0.6) is 11.5 Å². The number of benzene rings is 1. The Morgan fingerprint density at radius 2 is 1.88 bits per heavy atom. The van der Waals surface area contributed by atoms with E-state index in [4.69, 9.17) is 9.47 Å². The lowest BCUT2D eigenvalue weighted by Gasteiger charge is -2.31. The van der Waals surface area contributed by atoms with E-state index in [1.54, 1.807) is 20.3 Å². The molecule has 1 aromatic rings. The summed E-state index contributed by atoms with van der Waals surface area (Å²) in [6.07, 6.45) is 0. The molecule has 1 unspecified atom stereocenters. The fourth-order valence-corrected chi connectivity index (χ4v) is 1.60. The molecule has 0 aromatic heterocycles. The van der Waals surface area contributed by atoms with Crippen LogP contribution in [0.15, 0.2) is 18.2 Å². The molecule has 4 heteroatoms. The first-order valence-corrected chi connectivity index (χ1v) is 5.30. The number of hydrogen-bond acceptors (Lipinski definition) is 4. The predicted molar refractivity (Wildman–Crippen MR) is 66.2 cm³/mol. The Morgan fingerprint density at radius 1 is 1.24 bits per heavy atom. The maximum atomic E-state index is 9.38. The molecule has 0 heterocycles. The molecule has 0 radical (unpaired) electrons. The van der Waals surface area contributed by atoms with Crippen LogP contribution in [0.25, 0.3) is 0 Å². The Morgan fingerprint density at radius 3 is 2.29 bits per heavy atom. The number of methoxy groups -OCH3 is 2. The molecule has 4 nitrogen and oxygen atoms in total. The van der Waals surface area contributed by atoms with Gasteiger partial charge in [0.25, 0.3) is 0 Å². The van der Waals surface area contributed by atoms with Gasteiger partial charge in [0.15, 0.2) is 0 Å². The summed E-state index contributed by atoms with van der Waals surface area (Å²) in [6.45, 7) is 1.86. The highest BCUT2D eigenvalue weighted by atomic mass is 16.5. The molecule has 0 amide bonds. The minimum atomic E-state index is -0.725. The Bertz CT molecular complexity index is 438. The van der Waals surface area contributed by atoms with Crippen molar-refractivity contribution in [3.05, 3.63) is 23.8 Å². The van der Waals surface area contributed by atoms with E-state index in [2.05, 4.69) is 6.07 Å². The SMILES string of the molecule is COc1ccc(C(C)(C#N)N(C)C)c(OC)c1. The van der Waals surface area contributed by atoms with Gasteiger partial charge in [-0.3, -0.25) is 4.90 Å². The summed E-state index contributed by atoms with van der Waals surface area (Å²) in [5.41, 5.74) is 0.103. The van der Waals surface area contributed by atoms with Crippen LogP contribution < -0.4 is 9.47 Å². The smallest absolute Gasteiger partial charge is 0.135 e. The summed E-state index contributed by atoms with van der Waals surface area (Å²) in [5, 5.41) is 9.38. The summed E-state index contributed by atoms with van der Waals surface area (Å²) >= 11 is 0. The van der Waals surface area contributed by atoms with Crippen LogP contribution in [-0.2, 0) is 5.54 Å². The minimum Gasteiger partial charge on any atom is -0.497 e. The van der Waals surface area contributed by atoms with Gasteiger partial charge in [0, 0.05) is 11.6 Å². The second kappa shape index (κ2) is 5.07. The average Bonchev–Trinajstić information content (AvgIpc) is 2.36. The van der Waals surface area contributed by atoms with Crippen molar-refractivity contribution < 1.29 is 9.47 Å². The lowest BCUT2D eigenvalue weighted by atomic mass is 9.91. The predicted octanol–water partition coefficient (Wildman–Crippen LogP) is 2.00. The zero-order valence-corrected chi connectivity index (χ0v) is 10.9. The van der Waals surface area contributed by atoms with Crippen molar-refractivity contribution in [3.8, 4) is 17.6 Å². The Kier molecular flexibility index (Phi) is 3.97. The number of rotatable bonds is 4. The van der Waals surface area contributed by atoms with Gasteiger partial charge in [-0.2, -0.15) is 5.26 Å². The summed E-state index contributed by atoms with van der Waals surface area (Å²) in [4.78, 5) is 1.86. The van der Waals surface area contributed by atoms with Gasteiger partial charge < -0.3 is 9.47 Å². The van der Waals surface area contributed by atoms with Crippen molar-refractivity contribution in [2.24, 2.45) is 0 Å². The van der Waals surface area contributed by atoms with Gasteiger partial charge in [-0.15, -0.1) is 0 Å². The standard InChI is InChI=1S/C13H18N2O2/c1-13(9-14,15(2)3)11-7-6-10(16-4)8-12(11)17-5/h6-8H,1-5H3. The number of ether oxygens (including phenoxy) is 2. The third-order valence-corrected chi connectivity index (χ3v) is 3.05. The summed E-state index contributed by atoms with van der Waals surface area (Å²) in [7, 11) is 6.93. The zero-order valence-electron chi connectivity index (χ0n) is 10.9. The van der Waals surface area contributed by atoms with Crippen LogP contribution in [0.3, 0.4) is 0 Å². The Labute approximate surface area is 102 Å². The largest absolute Gasteiger partial charge is 0.497 e. The van der Waals surface area contributed by atoms with E-state index in [1.165, 1.54) is 0 Å². The molecular weight excluding hydrogens is 216 g/mol. The molecule has 0 saturated carbocycles. The number of nitrogens with zero attached hydrogens (tertiary/aromatic N) is 2. The molecule has 0 aliphatic heterocycles. The molecule has 0 bridgehead atoms. The normalized spacial score (nSPS) is 13.9. The van der Waals surface area contributed by atoms with Crippen LogP contribution in [0.1, 0.15) is 12.5 Å². The first kappa shape index (κ1) is 13.3. The van der Waals surface area contributed by atoms with Crippen LogP contribution in [0.4, 0.5) is 0 Å². The molecule has 0 aliphatic rings. The topological polar surface area (TPSA) is 45.5 Å². The molecule has 0 saturated heterocycles. The molecule has 1 rings (SSSR count). The fourth-order valence-electron chi connectivity index (χ4n) is 1.60. The van der Waals surface area contributed by atoms with Gasteiger partial charge in [-0.1, -0.05) is 0 Å². The lowest BCUT2D eigenvalue weighted by molar-refractivity contribution is 0.233. The maximum absolute atomic E-state index is 9.38. The van der Waals surface area contributed by atoms with E-state index in [0.29, 0.717) is 11.5 Å². The lowest BCUT2D eigenvalue weighted by Crippen LogP contribution is -2.37. The van der Waals surface area contributed by atoms with Crippen molar-refractivity contribution >= 4 is 0 Å². The van der Waals surface area contributed by atoms with Gasteiger partial charge in [-0.05, 0) is 33.2 Å². The van der Waals surface area contributed by atoms with Crippen molar-refractivity contribution in [2.75, 3.05) is 28.3 Å². The third-order valence-electron chi connectivity index (χ3n) is 3.05. The number of nitriles is 1. The molecule has 0 fully saturated rings. The maximum Gasteiger partial charge on any atom is 0.135 e. The highest BCUT2D eigenvalue weighted by Crippen LogP contribution is 2.35. The average molecular weight is 234 g/mol. The van der Waals surface area contributed by atoms with Gasteiger partial charge in [0.1, 0.15) is 17.0 Å². The van der Waals surface area contributed by atoms with Gasteiger partial charge in [0.05, 0.1) is 20.3 Å². The molecule has 0 N–H and O–H groups in total. The molecule has 17 heavy (non-hydrogen) atoms. The van der Waals surface area contributed by atoms with E-state index in [9.17, 15) is 5.26 Å². The van der Waals surface area contributed by atoms with Crippen molar-refractivity contribution in [1.82, 2.24) is 4.90 Å². The molecule has 1 aromatic carbocycles. The molecule has 0 aliphatic carbocycles. The summed E-state index contributed by atoms with van der Waals surface area (Å²) in [5.74, 6) is 1.37. The van der Waals surface area contributed by atoms with E-state index >= 15 is 0 Å². The monoisotopic (exact) mass is 234 g/mol. The first-order valence-electron chi connectivity index (χ1n) is 5.30. The second-order valence-electron chi connectivity index (χ2n) is 4.14. The summed E-state index contributed by atoms with van der Waals surface area (Å²) < 4.78 is 10.5. The Balaban J connectivity index is 3.35. The van der Waals surface area contributed by atoms with Crippen LogP contribution >= 0.6 is 0 Å². The highest BCUT2D eigenvalue weighted by Gasteiger charge is 2.32. The van der Waals surface area contributed by atoms with E-state index in [-0.39, 0.29) is 0 Å². The first-order chi connectivity index (χ1) is 7.99. The fraction of sp³-hybridized carbons (Fsp3) is 0.462. The minimum absolute atomic E-state index is 0.655. The third kappa shape index (κ3) is 2.34. The zero-order chi connectivity index (χ0) is 13.1. The van der Waals surface area contributed by atoms with Crippen LogP contribution in [0, 0.1) is 11.3 Å². The van der Waals surface area contributed by atoms with Crippen molar-refractivity contribution in [2.45, 2.75) is 12.5 Å². The molecule has 1 atom stereocenters. The van der Waals surface area contributed by atoms with Crippen LogP contribution in [0.2, 0.25) is 0 Å². The second-order valence-corrected chi connectivity index (χ2v) is 4.14. The van der Waals surface area contributed by atoms with Crippen molar-refractivity contribution in [1.29, 1.82) is 5.26 Å². The summed E-state index contributed by atoms with van der Waals surface area (Å²) in [6, 6.07) is 7.79. The van der Waals surface area contributed by atoms with E-state index in [0.717, 1.165) is 5.56 Å². The Hall–Kier alpha value is -1.73. The van der Waals surface area contributed by atoms with Gasteiger partial charge in [-0.25, -0.2) is 0 Å². The van der Waals surface area contributed by atoms with Crippen molar-refractivity contribution in [3.63, 3.8) is 0 Å². The van der Waals surface area contributed by atoms with Crippen LogP contribution in [-0.4, -0.2) is 33.2 Å². The number of hydrogen-bond donors (Lipinski definition) is 0. The van der Waals surface area contributed by atoms with Gasteiger partial charge >= 0.3 is 0 Å². The quantitative estimate of drug-likeness (QED) is 0.799. The molecular formula is C13H18N2O2. The molecule has 0 spiro atoms. The molecule has 92 valence electrons. The van der Waals surface area contributed by atoms with E-state index < -0.39 is 5.54 Å².